The third kappa shape index (κ3) is 3.29. The van der Waals surface area contributed by atoms with E-state index in [1.165, 1.54) is 24.3 Å². The van der Waals surface area contributed by atoms with Crippen molar-refractivity contribution in [3.8, 4) is 0 Å². The van der Waals surface area contributed by atoms with Crippen molar-refractivity contribution in [1.82, 2.24) is 5.32 Å². The monoisotopic (exact) mass is 251 g/mol. The lowest BCUT2D eigenvalue weighted by molar-refractivity contribution is 0.0538. The summed E-state index contributed by atoms with van der Waals surface area (Å²) in [5.74, 6) is -0.0128. The standard InChI is InChI=1S/C14H18FNO2/c1-10(11-6-8-18-9-7-11)16-14(17)12-2-4-13(15)5-3-12/h2-5,10-11H,6-9H2,1H3,(H,16,17). The summed E-state index contributed by atoms with van der Waals surface area (Å²) in [6.45, 7) is 3.54. The highest BCUT2D eigenvalue weighted by Crippen LogP contribution is 2.18. The molecule has 1 amide bonds. The molecule has 0 aliphatic carbocycles. The minimum Gasteiger partial charge on any atom is -0.381 e. The Bertz CT molecular complexity index is 399. The molecule has 0 bridgehead atoms. The molecule has 18 heavy (non-hydrogen) atoms. The molecule has 1 aliphatic heterocycles. The van der Waals surface area contributed by atoms with Crippen molar-refractivity contribution in [3.05, 3.63) is 35.6 Å². The van der Waals surface area contributed by atoms with E-state index < -0.39 is 0 Å². The maximum Gasteiger partial charge on any atom is 0.251 e. The van der Waals surface area contributed by atoms with Gasteiger partial charge in [0.05, 0.1) is 0 Å². The molecule has 1 aromatic rings. The van der Waals surface area contributed by atoms with Gasteiger partial charge in [0.15, 0.2) is 0 Å². The summed E-state index contributed by atoms with van der Waals surface area (Å²) in [6.07, 6.45) is 1.95. The SMILES string of the molecule is CC(NC(=O)c1ccc(F)cc1)C1CCOCC1. The highest BCUT2D eigenvalue weighted by molar-refractivity contribution is 5.94. The van der Waals surface area contributed by atoms with Gasteiger partial charge >= 0.3 is 0 Å². The van der Waals surface area contributed by atoms with Gasteiger partial charge in [-0.3, -0.25) is 4.79 Å². The molecule has 4 heteroatoms. The van der Waals surface area contributed by atoms with Gasteiger partial charge in [-0.05, 0) is 49.9 Å². The first kappa shape index (κ1) is 13.0. The zero-order chi connectivity index (χ0) is 13.0. The van der Waals surface area contributed by atoms with Crippen LogP contribution in [-0.2, 0) is 4.74 Å². The third-order valence-corrected chi connectivity index (χ3v) is 3.44. The van der Waals surface area contributed by atoms with Crippen LogP contribution in [0.2, 0.25) is 0 Å². The smallest absolute Gasteiger partial charge is 0.251 e. The Morgan fingerprint density at radius 3 is 2.56 bits per heavy atom. The van der Waals surface area contributed by atoms with Gasteiger partial charge in [-0.1, -0.05) is 0 Å². The second-order valence-electron chi connectivity index (χ2n) is 4.72. The molecule has 3 nitrogen and oxygen atoms in total. The fourth-order valence-electron chi connectivity index (χ4n) is 2.23. The largest absolute Gasteiger partial charge is 0.381 e. The van der Waals surface area contributed by atoms with Gasteiger partial charge in [0.2, 0.25) is 0 Å². The Hall–Kier alpha value is -1.42. The zero-order valence-electron chi connectivity index (χ0n) is 10.5. The highest BCUT2D eigenvalue weighted by Gasteiger charge is 2.22. The van der Waals surface area contributed by atoms with Crippen LogP contribution < -0.4 is 5.32 Å². The number of halogens is 1. The molecular weight excluding hydrogens is 233 g/mol. The zero-order valence-corrected chi connectivity index (χ0v) is 10.5. The van der Waals surface area contributed by atoms with Crippen LogP contribution in [-0.4, -0.2) is 25.2 Å². The fourth-order valence-corrected chi connectivity index (χ4v) is 2.23. The normalized spacial score (nSPS) is 18.3. The molecular formula is C14H18FNO2. The van der Waals surface area contributed by atoms with Crippen LogP contribution in [0.5, 0.6) is 0 Å². The maximum atomic E-state index is 12.8. The Balaban J connectivity index is 1.91. The summed E-state index contributed by atoms with van der Waals surface area (Å²) in [6, 6.07) is 5.72. The minimum atomic E-state index is -0.330. The average molecular weight is 251 g/mol. The lowest BCUT2D eigenvalue weighted by Gasteiger charge is -2.28. The van der Waals surface area contributed by atoms with Gasteiger partial charge in [0.25, 0.3) is 5.91 Å². The molecule has 1 unspecified atom stereocenters. The molecule has 1 atom stereocenters. The quantitative estimate of drug-likeness (QED) is 0.895. The molecule has 0 aromatic heterocycles. The summed E-state index contributed by atoms with van der Waals surface area (Å²) in [4.78, 5) is 11.9. The van der Waals surface area contributed by atoms with Gasteiger partial charge in [-0.15, -0.1) is 0 Å². The fraction of sp³-hybridized carbons (Fsp3) is 0.500. The number of hydrogen-bond acceptors (Lipinski definition) is 2. The van der Waals surface area contributed by atoms with E-state index in [-0.39, 0.29) is 17.8 Å². The number of carbonyl (C=O) groups is 1. The second kappa shape index (κ2) is 5.96. The van der Waals surface area contributed by atoms with Crippen molar-refractivity contribution >= 4 is 5.91 Å². The topological polar surface area (TPSA) is 38.3 Å². The van der Waals surface area contributed by atoms with E-state index in [9.17, 15) is 9.18 Å². The molecule has 0 radical (unpaired) electrons. The predicted octanol–water partition coefficient (Wildman–Crippen LogP) is 2.37. The summed E-state index contributed by atoms with van der Waals surface area (Å²) < 4.78 is 18.1. The van der Waals surface area contributed by atoms with Gasteiger partial charge in [0.1, 0.15) is 5.82 Å². The van der Waals surface area contributed by atoms with Crippen molar-refractivity contribution < 1.29 is 13.9 Å². The van der Waals surface area contributed by atoms with Crippen molar-refractivity contribution in [2.24, 2.45) is 5.92 Å². The molecule has 1 fully saturated rings. The van der Waals surface area contributed by atoms with Crippen molar-refractivity contribution in [2.75, 3.05) is 13.2 Å². The van der Waals surface area contributed by atoms with Crippen LogP contribution >= 0.6 is 0 Å². The highest BCUT2D eigenvalue weighted by atomic mass is 19.1. The van der Waals surface area contributed by atoms with E-state index in [0.29, 0.717) is 11.5 Å². The summed E-state index contributed by atoms with van der Waals surface area (Å²) in [5.41, 5.74) is 0.496. The van der Waals surface area contributed by atoms with Crippen LogP contribution in [0.1, 0.15) is 30.1 Å². The van der Waals surface area contributed by atoms with Gasteiger partial charge < -0.3 is 10.1 Å². The van der Waals surface area contributed by atoms with E-state index >= 15 is 0 Å². The third-order valence-electron chi connectivity index (χ3n) is 3.44. The second-order valence-corrected chi connectivity index (χ2v) is 4.72. The van der Waals surface area contributed by atoms with Crippen LogP contribution in [0.15, 0.2) is 24.3 Å². The molecule has 2 rings (SSSR count). The number of hydrogen-bond donors (Lipinski definition) is 1. The Labute approximate surface area is 106 Å². The van der Waals surface area contributed by atoms with Crippen molar-refractivity contribution in [3.63, 3.8) is 0 Å². The van der Waals surface area contributed by atoms with E-state index in [1.54, 1.807) is 0 Å². The molecule has 1 aromatic carbocycles. The number of rotatable bonds is 3. The van der Waals surface area contributed by atoms with Crippen LogP contribution in [0, 0.1) is 11.7 Å². The van der Waals surface area contributed by atoms with E-state index in [0.717, 1.165) is 26.1 Å². The van der Waals surface area contributed by atoms with Gasteiger partial charge in [-0.2, -0.15) is 0 Å². The molecule has 1 heterocycles. The van der Waals surface area contributed by atoms with Crippen molar-refractivity contribution in [2.45, 2.75) is 25.8 Å². The Morgan fingerprint density at radius 2 is 1.94 bits per heavy atom. The molecule has 0 spiro atoms. The van der Waals surface area contributed by atoms with E-state index in [4.69, 9.17) is 4.74 Å². The molecule has 1 aliphatic rings. The van der Waals surface area contributed by atoms with Crippen LogP contribution in [0.4, 0.5) is 4.39 Å². The van der Waals surface area contributed by atoms with E-state index in [1.807, 2.05) is 6.92 Å². The van der Waals surface area contributed by atoms with Crippen LogP contribution in [0.25, 0.3) is 0 Å². The number of nitrogens with one attached hydrogen (secondary N) is 1. The molecule has 98 valence electrons. The van der Waals surface area contributed by atoms with Gasteiger partial charge in [0, 0.05) is 24.8 Å². The maximum absolute atomic E-state index is 12.8. The predicted molar refractivity (Wildman–Crippen MR) is 66.9 cm³/mol. The lowest BCUT2D eigenvalue weighted by atomic mass is 9.93. The number of amides is 1. The van der Waals surface area contributed by atoms with Gasteiger partial charge in [-0.25, -0.2) is 4.39 Å². The Morgan fingerprint density at radius 1 is 1.33 bits per heavy atom. The molecule has 1 saturated heterocycles. The number of benzene rings is 1. The first-order valence-electron chi connectivity index (χ1n) is 6.31. The first-order valence-corrected chi connectivity index (χ1v) is 6.31. The van der Waals surface area contributed by atoms with Crippen LogP contribution in [0.3, 0.4) is 0 Å². The number of carbonyl (C=O) groups excluding carboxylic acids is 1. The average Bonchev–Trinajstić information content (AvgIpc) is 2.40. The Kier molecular flexibility index (Phi) is 4.31. The minimum absolute atomic E-state index is 0.117. The van der Waals surface area contributed by atoms with E-state index in [2.05, 4.69) is 5.32 Å². The summed E-state index contributed by atoms with van der Waals surface area (Å²) in [7, 11) is 0. The molecule has 0 saturated carbocycles. The first-order chi connectivity index (χ1) is 8.66. The number of ether oxygens (including phenoxy) is 1. The summed E-state index contributed by atoms with van der Waals surface area (Å²) in [5, 5.41) is 2.97. The lowest BCUT2D eigenvalue weighted by Crippen LogP contribution is -2.40. The summed E-state index contributed by atoms with van der Waals surface area (Å²) >= 11 is 0. The molecule has 1 N–H and O–H groups in total. The van der Waals surface area contributed by atoms with Crippen molar-refractivity contribution in [1.29, 1.82) is 0 Å².